The molecule has 31 heavy (non-hydrogen) atoms. The fourth-order valence-electron chi connectivity index (χ4n) is 3.69. The summed E-state index contributed by atoms with van der Waals surface area (Å²) in [7, 11) is -3.52. The van der Waals surface area contributed by atoms with Gasteiger partial charge >= 0.3 is 0 Å². The van der Waals surface area contributed by atoms with Crippen molar-refractivity contribution in [2.45, 2.75) is 24.1 Å². The zero-order valence-corrected chi connectivity index (χ0v) is 19.2. The van der Waals surface area contributed by atoms with Crippen LogP contribution in [-0.2, 0) is 27.1 Å². The Morgan fingerprint density at radius 1 is 1.13 bits per heavy atom. The number of benzene rings is 2. The molecule has 0 spiro atoms. The van der Waals surface area contributed by atoms with Crippen LogP contribution >= 0.6 is 11.8 Å². The fraction of sp³-hybridized carbons (Fsp3) is 0.348. The highest BCUT2D eigenvalue weighted by Crippen LogP contribution is 2.25. The van der Waals surface area contributed by atoms with E-state index >= 15 is 0 Å². The van der Waals surface area contributed by atoms with Crippen LogP contribution in [0.1, 0.15) is 18.3 Å². The summed E-state index contributed by atoms with van der Waals surface area (Å²) < 4.78 is 34.9. The van der Waals surface area contributed by atoms with E-state index in [2.05, 4.69) is 35.8 Å². The molecule has 2 aromatic carbocycles. The number of aromatic nitrogens is 2. The minimum Gasteiger partial charge on any atom is -0.379 e. The first-order chi connectivity index (χ1) is 15.1. The second kappa shape index (κ2) is 9.99. The van der Waals surface area contributed by atoms with Gasteiger partial charge in [-0.2, -0.15) is 4.31 Å². The van der Waals surface area contributed by atoms with Crippen molar-refractivity contribution in [3.05, 3.63) is 66.0 Å². The van der Waals surface area contributed by atoms with E-state index < -0.39 is 10.0 Å². The molecule has 2 heterocycles. The van der Waals surface area contributed by atoms with E-state index in [9.17, 15) is 8.42 Å². The Bertz CT molecular complexity index is 1150. The van der Waals surface area contributed by atoms with Gasteiger partial charge in [-0.15, -0.1) is 11.8 Å². The van der Waals surface area contributed by atoms with Crippen LogP contribution in [-0.4, -0.2) is 54.3 Å². The summed E-state index contributed by atoms with van der Waals surface area (Å²) >= 11 is 1.79. The van der Waals surface area contributed by atoms with Gasteiger partial charge in [0.2, 0.25) is 10.0 Å². The lowest BCUT2D eigenvalue weighted by molar-refractivity contribution is 0.0730. The molecule has 3 aromatic rings. The van der Waals surface area contributed by atoms with Gasteiger partial charge in [-0.05, 0) is 30.7 Å². The monoisotopic (exact) mass is 457 g/mol. The molecule has 0 N–H and O–H groups in total. The van der Waals surface area contributed by atoms with E-state index in [4.69, 9.17) is 9.72 Å². The normalized spacial score (nSPS) is 15.8. The molecule has 0 atom stereocenters. The maximum Gasteiger partial charge on any atom is 0.243 e. The minimum atomic E-state index is -3.52. The highest BCUT2D eigenvalue weighted by molar-refractivity contribution is 7.98. The van der Waals surface area contributed by atoms with Crippen LogP contribution in [0.25, 0.3) is 17.1 Å². The Balaban J connectivity index is 1.48. The highest BCUT2D eigenvalue weighted by Gasteiger charge is 2.27. The third-order valence-corrected chi connectivity index (χ3v) is 8.06. The van der Waals surface area contributed by atoms with Crippen LogP contribution in [0.15, 0.2) is 59.5 Å². The summed E-state index contributed by atoms with van der Waals surface area (Å²) in [5.74, 6) is 2.63. The summed E-state index contributed by atoms with van der Waals surface area (Å²) in [4.78, 5) is 5.07. The number of hydrogen-bond donors (Lipinski definition) is 0. The molecule has 0 amide bonds. The third-order valence-electron chi connectivity index (χ3n) is 5.28. The number of ether oxygens (including phenoxy) is 1. The second-order valence-corrected chi connectivity index (χ2v) is 10.2. The van der Waals surface area contributed by atoms with E-state index in [-0.39, 0.29) is 0 Å². The van der Waals surface area contributed by atoms with Crippen molar-refractivity contribution in [1.82, 2.24) is 13.9 Å². The summed E-state index contributed by atoms with van der Waals surface area (Å²) in [5.41, 5.74) is 2.89. The van der Waals surface area contributed by atoms with Gasteiger partial charge in [-0.1, -0.05) is 42.5 Å². The van der Waals surface area contributed by atoms with Crippen molar-refractivity contribution in [3.63, 3.8) is 0 Å². The highest BCUT2D eigenvalue weighted by atomic mass is 32.2. The van der Waals surface area contributed by atoms with Crippen molar-refractivity contribution in [3.8, 4) is 0 Å². The second-order valence-electron chi connectivity index (χ2n) is 7.27. The first-order valence-electron chi connectivity index (χ1n) is 10.5. The molecular weight excluding hydrogens is 430 g/mol. The van der Waals surface area contributed by atoms with Gasteiger partial charge in [0.25, 0.3) is 0 Å². The Hall–Kier alpha value is -2.13. The molecule has 1 aromatic heterocycles. The lowest BCUT2D eigenvalue weighted by Gasteiger charge is -2.26. The van der Waals surface area contributed by atoms with E-state index in [1.54, 1.807) is 23.9 Å². The number of sulfonamides is 1. The molecule has 164 valence electrons. The molecule has 1 aliphatic rings. The van der Waals surface area contributed by atoms with Crippen molar-refractivity contribution in [2.24, 2.45) is 0 Å². The number of hydrogen-bond acceptors (Lipinski definition) is 5. The molecule has 1 fully saturated rings. The molecule has 6 nitrogen and oxygen atoms in total. The molecular formula is C23H27N3O3S2. The Morgan fingerprint density at radius 3 is 2.65 bits per heavy atom. The molecule has 8 heteroatoms. The van der Waals surface area contributed by atoms with Crippen molar-refractivity contribution in [1.29, 1.82) is 0 Å². The smallest absolute Gasteiger partial charge is 0.243 e. The van der Waals surface area contributed by atoms with Crippen molar-refractivity contribution < 1.29 is 13.2 Å². The molecule has 0 unspecified atom stereocenters. The number of thioether (sulfide) groups is 1. The maximum absolute atomic E-state index is 13.0. The summed E-state index contributed by atoms with van der Waals surface area (Å²) in [6.07, 6.45) is 4.28. The largest absolute Gasteiger partial charge is 0.379 e. The first-order valence-corrected chi connectivity index (χ1v) is 13.1. The maximum atomic E-state index is 13.0. The number of rotatable bonds is 8. The summed E-state index contributed by atoms with van der Waals surface area (Å²) in [5, 5.41) is 0. The number of aryl methyl sites for hydroxylation is 1. The topological polar surface area (TPSA) is 64.4 Å². The zero-order chi connectivity index (χ0) is 21.7. The molecule has 1 aliphatic heterocycles. The molecule has 0 aliphatic carbocycles. The summed E-state index contributed by atoms with van der Waals surface area (Å²) in [6.45, 7) is 4.53. The standard InChI is InChI=1S/C23H27N3O3S2/c1-2-26-22-11-10-20(31(27,28)25-12-14-29-15-13-25)17-21(22)24-23(26)18-30-16-6-9-19-7-4-3-5-8-19/h3-11,17H,2,12-16,18H2,1H3/b9-6+. The SMILES string of the molecule is CCn1c(CSC/C=C/c2ccccc2)nc2cc(S(=O)(=O)N3CCOCC3)ccc21. The Morgan fingerprint density at radius 2 is 1.90 bits per heavy atom. The first kappa shape index (κ1) is 22.1. The number of fused-ring (bicyclic) bond motifs is 1. The lowest BCUT2D eigenvalue weighted by Crippen LogP contribution is -2.40. The van der Waals surface area contributed by atoms with Crippen LogP contribution in [0.2, 0.25) is 0 Å². The van der Waals surface area contributed by atoms with E-state index in [1.807, 2.05) is 24.3 Å². The van der Waals surface area contributed by atoms with Crippen LogP contribution in [0.4, 0.5) is 0 Å². The number of imidazole rings is 1. The van der Waals surface area contributed by atoms with Crippen molar-refractivity contribution in [2.75, 3.05) is 32.1 Å². The zero-order valence-electron chi connectivity index (χ0n) is 17.6. The lowest BCUT2D eigenvalue weighted by atomic mass is 10.2. The molecule has 0 bridgehead atoms. The van der Waals surface area contributed by atoms with Gasteiger partial charge in [-0.3, -0.25) is 0 Å². The van der Waals surface area contributed by atoms with Crippen LogP contribution in [0.3, 0.4) is 0 Å². The Kier molecular flexibility index (Phi) is 7.12. The fourth-order valence-corrected chi connectivity index (χ4v) is 5.87. The van der Waals surface area contributed by atoms with Gasteiger partial charge in [0.1, 0.15) is 5.82 Å². The molecule has 0 radical (unpaired) electrons. The van der Waals surface area contributed by atoms with Crippen LogP contribution in [0.5, 0.6) is 0 Å². The average molecular weight is 458 g/mol. The van der Waals surface area contributed by atoms with Gasteiger partial charge in [0.05, 0.1) is 34.9 Å². The van der Waals surface area contributed by atoms with Gasteiger partial charge in [0.15, 0.2) is 0 Å². The third kappa shape index (κ3) is 5.03. The Labute approximate surface area is 188 Å². The van der Waals surface area contributed by atoms with E-state index in [0.717, 1.165) is 34.9 Å². The van der Waals surface area contributed by atoms with Crippen LogP contribution < -0.4 is 0 Å². The van der Waals surface area contributed by atoms with Gasteiger partial charge in [0, 0.05) is 25.4 Å². The molecule has 0 saturated carbocycles. The minimum absolute atomic E-state index is 0.299. The van der Waals surface area contributed by atoms with E-state index in [1.165, 1.54) is 9.87 Å². The molecule has 4 rings (SSSR count). The van der Waals surface area contributed by atoms with Gasteiger partial charge < -0.3 is 9.30 Å². The molecule has 1 saturated heterocycles. The predicted molar refractivity (Wildman–Crippen MR) is 127 cm³/mol. The predicted octanol–water partition coefficient (Wildman–Crippen LogP) is 4.02. The van der Waals surface area contributed by atoms with Crippen LogP contribution in [0, 0.1) is 0 Å². The van der Waals surface area contributed by atoms with Gasteiger partial charge in [-0.25, -0.2) is 13.4 Å². The number of nitrogens with zero attached hydrogens (tertiary/aromatic N) is 3. The average Bonchev–Trinajstić information content (AvgIpc) is 3.16. The van der Waals surface area contributed by atoms with Crippen molar-refractivity contribution >= 4 is 38.9 Å². The number of morpholine rings is 1. The van der Waals surface area contributed by atoms with E-state index in [0.29, 0.717) is 31.2 Å². The quantitative estimate of drug-likeness (QED) is 0.478. The summed E-state index contributed by atoms with van der Waals surface area (Å²) in [6, 6.07) is 15.5.